The molecular formula is C15H17NO6S. The Morgan fingerprint density at radius 3 is 2.65 bits per heavy atom. The molecular weight excluding hydrogens is 322 g/mol. The SMILES string of the molecule is COc1ccc(S(=O)(=O)N(C)Cc2ccco2)c(CC(=O)O)c1. The van der Waals surface area contributed by atoms with Crippen LogP contribution in [-0.2, 0) is 27.8 Å². The summed E-state index contributed by atoms with van der Waals surface area (Å²) < 4.78 is 36.7. The van der Waals surface area contributed by atoms with Crippen molar-refractivity contribution in [1.29, 1.82) is 0 Å². The van der Waals surface area contributed by atoms with Gasteiger partial charge < -0.3 is 14.3 Å². The normalized spacial score (nSPS) is 11.6. The number of methoxy groups -OCH3 is 1. The second-order valence-corrected chi connectivity index (χ2v) is 6.90. The van der Waals surface area contributed by atoms with Crippen molar-refractivity contribution in [1.82, 2.24) is 4.31 Å². The van der Waals surface area contributed by atoms with Crippen molar-refractivity contribution >= 4 is 16.0 Å². The van der Waals surface area contributed by atoms with E-state index in [2.05, 4.69) is 0 Å². The van der Waals surface area contributed by atoms with Crippen LogP contribution in [0, 0.1) is 0 Å². The summed E-state index contributed by atoms with van der Waals surface area (Å²) in [5.74, 6) is -0.235. The Balaban J connectivity index is 2.39. The molecule has 1 aromatic heterocycles. The highest BCUT2D eigenvalue weighted by Gasteiger charge is 2.26. The molecule has 124 valence electrons. The molecule has 2 aromatic rings. The van der Waals surface area contributed by atoms with Gasteiger partial charge in [-0.05, 0) is 35.9 Å². The van der Waals surface area contributed by atoms with E-state index >= 15 is 0 Å². The molecule has 0 aliphatic heterocycles. The number of hydrogen-bond donors (Lipinski definition) is 1. The fraction of sp³-hybridized carbons (Fsp3) is 0.267. The molecule has 0 spiro atoms. The van der Waals surface area contributed by atoms with Gasteiger partial charge in [0, 0.05) is 7.05 Å². The smallest absolute Gasteiger partial charge is 0.307 e. The van der Waals surface area contributed by atoms with E-state index in [9.17, 15) is 13.2 Å². The number of hydrogen-bond acceptors (Lipinski definition) is 5. The van der Waals surface area contributed by atoms with Crippen molar-refractivity contribution in [2.45, 2.75) is 17.9 Å². The molecule has 0 atom stereocenters. The Morgan fingerprint density at radius 1 is 1.35 bits per heavy atom. The fourth-order valence-corrected chi connectivity index (χ4v) is 3.45. The van der Waals surface area contributed by atoms with Crippen LogP contribution < -0.4 is 4.74 Å². The van der Waals surface area contributed by atoms with Gasteiger partial charge in [0.25, 0.3) is 0 Å². The average molecular weight is 339 g/mol. The zero-order valence-corrected chi connectivity index (χ0v) is 13.5. The molecule has 23 heavy (non-hydrogen) atoms. The average Bonchev–Trinajstić information content (AvgIpc) is 2.99. The first kappa shape index (κ1) is 17.0. The Morgan fingerprint density at radius 2 is 2.09 bits per heavy atom. The van der Waals surface area contributed by atoms with Crippen LogP contribution in [0.25, 0.3) is 0 Å². The van der Waals surface area contributed by atoms with Crippen LogP contribution in [0.1, 0.15) is 11.3 Å². The fourth-order valence-electron chi connectivity index (χ4n) is 2.11. The van der Waals surface area contributed by atoms with Gasteiger partial charge in [-0.1, -0.05) is 0 Å². The summed E-state index contributed by atoms with van der Waals surface area (Å²) in [5, 5.41) is 9.00. The predicted octanol–water partition coefficient (Wildman–Crippen LogP) is 1.74. The molecule has 0 amide bonds. The second kappa shape index (κ2) is 6.84. The maximum atomic E-state index is 12.7. The van der Waals surface area contributed by atoms with E-state index in [1.54, 1.807) is 12.1 Å². The summed E-state index contributed by atoms with van der Waals surface area (Å²) in [5.41, 5.74) is 0.170. The minimum atomic E-state index is -3.86. The summed E-state index contributed by atoms with van der Waals surface area (Å²) in [6.07, 6.45) is 1.04. The molecule has 0 saturated heterocycles. The van der Waals surface area contributed by atoms with Crippen molar-refractivity contribution in [2.75, 3.05) is 14.2 Å². The minimum Gasteiger partial charge on any atom is -0.497 e. The molecule has 0 aliphatic carbocycles. The number of benzene rings is 1. The van der Waals surface area contributed by atoms with E-state index in [1.807, 2.05) is 0 Å². The summed E-state index contributed by atoms with van der Waals surface area (Å²) in [6.45, 7) is 0.0495. The molecule has 1 heterocycles. The largest absolute Gasteiger partial charge is 0.497 e. The minimum absolute atomic E-state index is 0.0495. The second-order valence-electron chi connectivity index (χ2n) is 4.88. The van der Waals surface area contributed by atoms with E-state index in [4.69, 9.17) is 14.3 Å². The zero-order valence-electron chi connectivity index (χ0n) is 12.7. The van der Waals surface area contributed by atoms with E-state index in [0.717, 1.165) is 4.31 Å². The standard InChI is InChI=1S/C15H17NO6S/c1-16(10-13-4-3-7-22-13)23(19,20)14-6-5-12(21-2)8-11(14)9-15(17)18/h3-8H,9-10H2,1-2H3,(H,17,18). The van der Waals surface area contributed by atoms with E-state index in [1.165, 1.54) is 38.6 Å². The zero-order chi connectivity index (χ0) is 17.0. The molecule has 1 N–H and O–H groups in total. The maximum Gasteiger partial charge on any atom is 0.307 e. The first-order valence-electron chi connectivity index (χ1n) is 6.72. The molecule has 0 radical (unpaired) electrons. The van der Waals surface area contributed by atoms with Crippen molar-refractivity contribution < 1.29 is 27.5 Å². The van der Waals surface area contributed by atoms with Gasteiger partial charge in [0.05, 0.1) is 31.2 Å². The highest BCUT2D eigenvalue weighted by molar-refractivity contribution is 7.89. The van der Waals surface area contributed by atoms with Crippen LogP contribution in [-0.4, -0.2) is 38.0 Å². The van der Waals surface area contributed by atoms with Crippen molar-refractivity contribution in [2.24, 2.45) is 0 Å². The number of furan rings is 1. The van der Waals surface area contributed by atoms with Gasteiger partial charge in [-0.15, -0.1) is 0 Å². The van der Waals surface area contributed by atoms with Gasteiger partial charge in [0.15, 0.2) is 0 Å². The number of carboxylic acids is 1. The summed E-state index contributed by atoms with van der Waals surface area (Å²) in [4.78, 5) is 10.9. The van der Waals surface area contributed by atoms with Crippen molar-refractivity contribution in [3.8, 4) is 5.75 Å². The highest BCUT2D eigenvalue weighted by atomic mass is 32.2. The predicted molar refractivity (Wildman–Crippen MR) is 81.7 cm³/mol. The molecule has 0 unspecified atom stereocenters. The number of carbonyl (C=O) groups is 1. The van der Waals surface area contributed by atoms with Crippen LogP contribution in [0.15, 0.2) is 45.9 Å². The number of carboxylic acid groups (broad SMARTS) is 1. The van der Waals surface area contributed by atoms with Crippen LogP contribution in [0.3, 0.4) is 0 Å². The number of nitrogens with zero attached hydrogens (tertiary/aromatic N) is 1. The molecule has 7 nitrogen and oxygen atoms in total. The Kier molecular flexibility index (Phi) is 5.07. The lowest BCUT2D eigenvalue weighted by Crippen LogP contribution is -2.27. The van der Waals surface area contributed by atoms with Crippen LogP contribution in [0.4, 0.5) is 0 Å². The van der Waals surface area contributed by atoms with E-state index in [-0.39, 0.29) is 17.0 Å². The first-order chi connectivity index (χ1) is 10.8. The lowest BCUT2D eigenvalue weighted by molar-refractivity contribution is -0.136. The molecule has 0 aliphatic rings. The van der Waals surface area contributed by atoms with Crippen molar-refractivity contribution in [3.63, 3.8) is 0 Å². The third kappa shape index (κ3) is 3.91. The molecule has 8 heteroatoms. The van der Waals surface area contributed by atoms with Gasteiger partial charge in [-0.2, -0.15) is 4.31 Å². The lowest BCUT2D eigenvalue weighted by atomic mass is 10.1. The molecule has 2 rings (SSSR count). The number of sulfonamides is 1. The molecule has 0 fully saturated rings. The van der Waals surface area contributed by atoms with Gasteiger partial charge >= 0.3 is 5.97 Å². The van der Waals surface area contributed by atoms with Gasteiger partial charge in [0.1, 0.15) is 11.5 Å². The molecule has 0 saturated carbocycles. The topological polar surface area (TPSA) is 97.1 Å². The van der Waals surface area contributed by atoms with E-state index in [0.29, 0.717) is 11.5 Å². The number of ether oxygens (including phenoxy) is 1. The van der Waals surface area contributed by atoms with Crippen LogP contribution in [0.2, 0.25) is 0 Å². The van der Waals surface area contributed by atoms with Gasteiger partial charge in [0.2, 0.25) is 10.0 Å². The number of rotatable bonds is 7. The third-order valence-corrected chi connectivity index (χ3v) is 5.16. The van der Waals surface area contributed by atoms with Crippen molar-refractivity contribution in [3.05, 3.63) is 47.9 Å². The monoisotopic (exact) mass is 339 g/mol. The number of aliphatic carboxylic acids is 1. The quantitative estimate of drug-likeness (QED) is 0.825. The Bertz CT molecular complexity index is 782. The molecule has 1 aromatic carbocycles. The van der Waals surface area contributed by atoms with Crippen LogP contribution in [0.5, 0.6) is 5.75 Å². The highest BCUT2D eigenvalue weighted by Crippen LogP contribution is 2.25. The van der Waals surface area contributed by atoms with Crippen LogP contribution >= 0.6 is 0 Å². The Labute approximate surface area is 134 Å². The maximum absolute atomic E-state index is 12.7. The van der Waals surface area contributed by atoms with Gasteiger partial charge in [-0.3, -0.25) is 4.79 Å². The first-order valence-corrected chi connectivity index (χ1v) is 8.16. The van der Waals surface area contributed by atoms with Gasteiger partial charge in [-0.25, -0.2) is 8.42 Å². The third-order valence-electron chi connectivity index (χ3n) is 3.26. The summed E-state index contributed by atoms with van der Waals surface area (Å²) >= 11 is 0. The molecule has 0 bridgehead atoms. The lowest BCUT2D eigenvalue weighted by Gasteiger charge is -2.18. The van der Waals surface area contributed by atoms with E-state index < -0.39 is 22.4 Å². The Hall–Kier alpha value is -2.32. The summed E-state index contributed by atoms with van der Waals surface area (Å²) in [7, 11) is -1.02. The summed E-state index contributed by atoms with van der Waals surface area (Å²) in [6, 6.07) is 7.59.